The van der Waals surface area contributed by atoms with Crippen LogP contribution in [-0.4, -0.2) is 24.5 Å². The lowest BCUT2D eigenvalue weighted by Gasteiger charge is -2.24. The van der Waals surface area contributed by atoms with E-state index in [9.17, 15) is 0 Å². The molecule has 0 aliphatic heterocycles. The molecule has 0 aliphatic carbocycles. The fraction of sp³-hybridized carbons (Fsp3) is 1.00. The molecule has 1 heteroatoms. The summed E-state index contributed by atoms with van der Waals surface area (Å²) in [5.41, 5.74) is 0. The summed E-state index contributed by atoms with van der Waals surface area (Å²) in [6.45, 7) is 15.4. The highest BCUT2D eigenvalue weighted by atomic mass is 15.1. The van der Waals surface area contributed by atoms with Gasteiger partial charge >= 0.3 is 0 Å². The molecule has 0 amide bonds. The molecule has 0 fully saturated rings. The van der Waals surface area contributed by atoms with Crippen LogP contribution >= 0.6 is 0 Å². The molecule has 0 saturated carbocycles. The molecule has 0 aromatic carbocycles. The van der Waals surface area contributed by atoms with E-state index in [1.165, 1.54) is 58.2 Å². The van der Waals surface area contributed by atoms with Gasteiger partial charge in [0.1, 0.15) is 0 Å². The highest BCUT2D eigenvalue weighted by molar-refractivity contribution is 4.62. The van der Waals surface area contributed by atoms with Crippen LogP contribution in [0.5, 0.6) is 0 Å². The Balaban J connectivity index is 3.55. The smallest absolute Gasteiger partial charge is 0.000427 e. The lowest BCUT2D eigenvalue weighted by molar-refractivity contribution is 0.236. The van der Waals surface area contributed by atoms with Crippen LogP contribution in [0.2, 0.25) is 0 Å². The molecule has 1 unspecified atom stereocenters. The Bertz CT molecular complexity index is 154. The molecule has 0 heterocycles. The number of rotatable bonds is 11. The van der Waals surface area contributed by atoms with E-state index in [1.807, 2.05) is 0 Å². The summed E-state index contributed by atoms with van der Waals surface area (Å²) >= 11 is 0. The predicted octanol–water partition coefficient (Wildman–Crippen LogP) is 4.96. The summed E-state index contributed by atoms with van der Waals surface area (Å²) in [7, 11) is 0. The van der Waals surface area contributed by atoms with E-state index in [1.54, 1.807) is 0 Å². The van der Waals surface area contributed by atoms with Crippen LogP contribution in [0.4, 0.5) is 0 Å². The fourth-order valence-electron chi connectivity index (χ4n) is 2.36. The maximum atomic E-state index is 2.60. The van der Waals surface area contributed by atoms with Crippen LogP contribution in [0.1, 0.15) is 73.1 Å². The maximum Gasteiger partial charge on any atom is 0.000427 e. The standard InChI is InChI=1S/C16H35N/c1-6-8-9-10-11-16(5)12-13-17(7-2)14-15(3)4/h15-16H,6-14H2,1-5H3. The van der Waals surface area contributed by atoms with Gasteiger partial charge in [-0.15, -0.1) is 0 Å². The van der Waals surface area contributed by atoms with Crippen LogP contribution in [0.3, 0.4) is 0 Å². The van der Waals surface area contributed by atoms with E-state index < -0.39 is 0 Å². The first-order chi connectivity index (χ1) is 8.10. The monoisotopic (exact) mass is 241 g/mol. The average molecular weight is 241 g/mol. The zero-order chi connectivity index (χ0) is 13.1. The topological polar surface area (TPSA) is 3.24 Å². The van der Waals surface area contributed by atoms with E-state index >= 15 is 0 Å². The zero-order valence-corrected chi connectivity index (χ0v) is 13.0. The van der Waals surface area contributed by atoms with Crippen molar-refractivity contribution in [3.63, 3.8) is 0 Å². The van der Waals surface area contributed by atoms with E-state index in [-0.39, 0.29) is 0 Å². The van der Waals surface area contributed by atoms with Crippen LogP contribution < -0.4 is 0 Å². The molecule has 0 saturated heterocycles. The third-order valence-electron chi connectivity index (χ3n) is 3.56. The number of hydrogen-bond donors (Lipinski definition) is 0. The summed E-state index contributed by atoms with van der Waals surface area (Å²) in [6.07, 6.45) is 8.45. The Morgan fingerprint density at radius 1 is 0.882 bits per heavy atom. The molecule has 17 heavy (non-hydrogen) atoms. The van der Waals surface area contributed by atoms with Crippen molar-refractivity contribution in [1.82, 2.24) is 4.90 Å². The zero-order valence-electron chi connectivity index (χ0n) is 13.0. The number of hydrogen-bond acceptors (Lipinski definition) is 1. The van der Waals surface area contributed by atoms with Crippen molar-refractivity contribution in [2.75, 3.05) is 19.6 Å². The number of unbranched alkanes of at least 4 members (excludes halogenated alkanes) is 3. The van der Waals surface area contributed by atoms with Gasteiger partial charge in [0.25, 0.3) is 0 Å². The molecular formula is C16H35N. The SMILES string of the molecule is CCCCCCC(C)CCN(CC)CC(C)C. The minimum absolute atomic E-state index is 0.801. The lowest BCUT2D eigenvalue weighted by atomic mass is 9.99. The largest absolute Gasteiger partial charge is 0.303 e. The molecular weight excluding hydrogens is 206 g/mol. The summed E-state index contributed by atoms with van der Waals surface area (Å²) < 4.78 is 0. The van der Waals surface area contributed by atoms with Gasteiger partial charge in [-0.2, -0.15) is 0 Å². The molecule has 0 aromatic rings. The quantitative estimate of drug-likeness (QED) is 0.462. The van der Waals surface area contributed by atoms with Gasteiger partial charge in [-0.1, -0.05) is 66.7 Å². The van der Waals surface area contributed by atoms with Crippen LogP contribution in [0.25, 0.3) is 0 Å². The highest BCUT2D eigenvalue weighted by Crippen LogP contribution is 2.14. The van der Waals surface area contributed by atoms with Crippen LogP contribution in [0, 0.1) is 11.8 Å². The number of nitrogens with zero attached hydrogens (tertiary/aromatic N) is 1. The third-order valence-corrected chi connectivity index (χ3v) is 3.56. The van der Waals surface area contributed by atoms with Gasteiger partial charge in [0.2, 0.25) is 0 Å². The first kappa shape index (κ1) is 17.0. The van der Waals surface area contributed by atoms with Gasteiger partial charge in [-0.05, 0) is 31.3 Å². The lowest BCUT2D eigenvalue weighted by Crippen LogP contribution is -2.29. The van der Waals surface area contributed by atoms with Crippen molar-refractivity contribution in [2.45, 2.75) is 73.1 Å². The van der Waals surface area contributed by atoms with Crippen LogP contribution in [0.15, 0.2) is 0 Å². The van der Waals surface area contributed by atoms with Gasteiger partial charge in [0.05, 0.1) is 0 Å². The van der Waals surface area contributed by atoms with Gasteiger partial charge < -0.3 is 4.90 Å². The second kappa shape index (κ2) is 11.1. The highest BCUT2D eigenvalue weighted by Gasteiger charge is 2.08. The van der Waals surface area contributed by atoms with Crippen molar-refractivity contribution in [1.29, 1.82) is 0 Å². The molecule has 0 spiro atoms. The Labute approximate surface area is 110 Å². The van der Waals surface area contributed by atoms with Crippen molar-refractivity contribution >= 4 is 0 Å². The van der Waals surface area contributed by atoms with Crippen LogP contribution in [-0.2, 0) is 0 Å². The normalized spacial score (nSPS) is 13.6. The second-order valence-corrected chi connectivity index (χ2v) is 6.03. The van der Waals surface area contributed by atoms with E-state index in [4.69, 9.17) is 0 Å². The fourth-order valence-corrected chi connectivity index (χ4v) is 2.36. The van der Waals surface area contributed by atoms with Gasteiger partial charge in [-0.3, -0.25) is 0 Å². The first-order valence-electron chi connectivity index (χ1n) is 7.82. The molecule has 0 aromatic heterocycles. The minimum atomic E-state index is 0.801. The summed E-state index contributed by atoms with van der Waals surface area (Å²) in [5, 5.41) is 0. The Morgan fingerprint density at radius 2 is 1.59 bits per heavy atom. The predicted molar refractivity (Wildman–Crippen MR) is 79.5 cm³/mol. The molecule has 1 atom stereocenters. The third kappa shape index (κ3) is 10.8. The Morgan fingerprint density at radius 3 is 2.12 bits per heavy atom. The summed E-state index contributed by atoms with van der Waals surface area (Å²) in [6, 6.07) is 0. The van der Waals surface area contributed by atoms with Gasteiger partial charge in [-0.25, -0.2) is 0 Å². The van der Waals surface area contributed by atoms with E-state index in [2.05, 4.69) is 39.5 Å². The van der Waals surface area contributed by atoms with E-state index in [0.29, 0.717) is 0 Å². The molecule has 0 rings (SSSR count). The first-order valence-corrected chi connectivity index (χ1v) is 7.82. The molecule has 0 aliphatic rings. The van der Waals surface area contributed by atoms with Crippen molar-refractivity contribution < 1.29 is 0 Å². The molecule has 0 N–H and O–H groups in total. The minimum Gasteiger partial charge on any atom is -0.303 e. The van der Waals surface area contributed by atoms with Crippen molar-refractivity contribution in [2.24, 2.45) is 11.8 Å². The molecule has 0 bridgehead atoms. The molecule has 104 valence electrons. The summed E-state index contributed by atoms with van der Waals surface area (Å²) in [5.74, 6) is 1.71. The van der Waals surface area contributed by atoms with Crippen molar-refractivity contribution in [3.05, 3.63) is 0 Å². The van der Waals surface area contributed by atoms with Gasteiger partial charge in [0, 0.05) is 6.54 Å². The van der Waals surface area contributed by atoms with E-state index in [0.717, 1.165) is 11.8 Å². The van der Waals surface area contributed by atoms with Crippen molar-refractivity contribution in [3.8, 4) is 0 Å². The molecule has 0 radical (unpaired) electrons. The average Bonchev–Trinajstić information content (AvgIpc) is 2.29. The molecule has 1 nitrogen and oxygen atoms in total. The Hall–Kier alpha value is -0.0400. The Kier molecular flexibility index (Phi) is 11.0. The van der Waals surface area contributed by atoms with Gasteiger partial charge in [0.15, 0.2) is 0 Å². The summed E-state index contributed by atoms with van der Waals surface area (Å²) in [4.78, 5) is 2.60. The second-order valence-electron chi connectivity index (χ2n) is 6.03. The maximum absolute atomic E-state index is 2.60.